The van der Waals surface area contributed by atoms with Crippen molar-refractivity contribution in [2.45, 2.75) is 71.1 Å². The minimum atomic E-state index is 0.582. The van der Waals surface area contributed by atoms with E-state index < -0.39 is 0 Å². The van der Waals surface area contributed by atoms with Crippen molar-refractivity contribution in [1.82, 2.24) is 0 Å². The second-order valence-corrected chi connectivity index (χ2v) is 8.21. The molecular weight excluding hydrogens is 318 g/mol. The van der Waals surface area contributed by atoms with Gasteiger partial charge in [0.2, 0.25) is 0 Å². The third-order valence-electron chi connectivity index (χ3n) is 4.29. The number of hydrogen-bond acceptors (Lipinski definition) is 2. The Balaban J connectivity index is 2.22. The SMILES string of the molecule is CCCCCCCCCCC(CSC(N)=S)Cc1ccccc1. The predicted molar refractivity (Wildman–Crippen MR) is 110 cm³/mol. The Hall–Kier alpha value is -0.540. The van der Waals surface area contributed by atoms with Gasteiger partial charge in [0.1, 0.15) is 4.32 Å². The van der Waals surface area contributed by atoms with Crippen molar-refractivity contribution >= 4 is 28.3 Å². The smallest absolute Gasteiger partial charge is 0.131 e. The summed E-state index contributed by atoms with van der Waals surface area (Å²) in [7, 11) is 0. The molecule has 1 aromatic rings. The van der Waals surface area contributed by atoms with Crippen LogP contribution in [0.1, 0.15) is 70.3 Å². The first-order valence-electron chi connectivity index (χ1n) is 9.18. The topological polar surface area (TPSA) is 26.0 Å². The molecule has 23 heavy (non-hydrogen) atoms. The van der Waals surface area contributed by atoms with Crippen LogP contribution in [0.5, 0.6) is 0 Å². The number of thioether (sulfide) groups is 1. The van der Waals surface area contributed by atoms with Gasteiger partial charge >= 0.3 is 0 Å². The lowest BCUT2D eigenvalue weighted by molar-refractivity contribution is 0.485. The van der Waals surface area contributed by atoms with Crippen molar-refractivity contribution in [3.05, 3.63) is 35.9 Å². The van der Waals surface area contributed by atoms with Crippen molar-refractivity contribution in [2.24, 2.45) is 11.7 Å². The second-order valence-electron chi connectivity index (χ2n) is 6.45. The average Bonchev–Trinajstić information content (AvgIpc) is 2.55. The molecule has 2 N–H and O–H groups in total. The van der Waals surface area contributed by atoms with E-state index in [9.17, 15) is 0 Å². The number of thiocarbonyl (C=S) groups is 1. The molecule has 0 saturated heterocycles. The molecule has 1 nitrogen and oxygen atoms in total. The van der Waals surface area contributed by atoms with Crippen LogP contribution < -0.4 is 5.73 Å². The average molecular weight is 352 g/mol. The van der Waals surface area contributed by atoms with Crippen LogP contribution in [0.25, 0.3) is 0 Å². The van der Waals surface area contributed by atoms with Crippen LogP contribution in [0.4, 0.5) is 0 Å². The van der Waals surface area contributed by atoms with E-state index in [1.165, 1.54) is 63.4 Å². The second kappa shape index (κ2) is 13.9. The first-order chi connectivity index (χ1) is 11.2. The summed E-state index contributed by atoms with van der Waals surface area (Å²) in [6.07, 6.45) is 13.5. The Labute approximate surface area is 152 Å². The van der Waals surface area contributed by atoms with Gasteiger partial charge in [-0.05, 0) is 24.3 Å². The van der Waals surface area contributed by atoms with Crippen molar-refractivity contribution in [3.63, 3.8) is 0 Å². The minimum absolute atomic E-state index is 0.582. The molecule has 130 valence electrons. The molecule has 3 heteroatoms. The van der Waals surface area contributed by atoms with Gasteiger partial charge < -0.3 is 5.73 Å². The number of rotatable bonds is 13. The largest absolute Gasteiger partial charge is 0.385 e. The Bertz CT molecular complexity index is 405. The molecule has 0 amide bonds. The fourth-order valence-electron chi connectivity index (χ4n) is 2.96. The first-order valence-corrected chi connectivity index (χ1v) is 10.6. The molecule has 1 atom stereocenters. The van der Waals surface area contributed by atoms with E-state index in [1.807, 2.05) is 0 Å². The van der Waals surface area contributed by atoms with Crippen molar-refractivity contribution < 1.29 is 0 Å². The van der Waals surface area contributed by atoms with Gasteiger partial charge in [0.25, 0.3) is 0 Å². The predicted octanol–water partition coefficient (Wildman–Crippen LogP) is 6.35. The molecule has 1 unspecified atom stereocenters. The van der Waals surface area contributed by atoms with Crippen molar-refractivity contribution in [2.75, 3.05) is 5.75 Å². The normalized spacial score (nSPS) is 12.2. The summed E-state index contributed by atoms with van der Waals surface area (Å²) in [5, 5.41) is 0. The Morgan fingerprint density at radius 2 is 1.61 bits per heavy atom. The zero-order valence-corrected chi connectivity index (χ0v) is 16.3. The zero-order valence-electron chi connectivity index (χ0n) is 14.6. The highest BCUT2D eigenvalue weighted by Crippen LogP contribution is 2.21. The van der Waals surface area contributed by atoms with E-state index in [0.29, 0.717) is 10.2 Å². The molecule has 0 aromatic heterocycles. The van der Waals surface area contributed by atoms with E-state index in [0.717, 1.165) is 12.2 Å². The maximum Gasteiger partial charge on any atom is 0.131 e. The van der Waals surface area contributed by atoms with Crippen LogP contribution in [0.3, 0.4) is 0 Å². The molecule has 0 radical (unpaired) electrons. The molecule has 0 heterocycles. The van der Waals surface area contributed by atoms with Gasteiger partial charge in [0.15, 0.2) is 0 Å². The summed E-state index contributed by atoms with van der Waals surface area (Å²) in [6.45, 7) is 2.28. The van der Waals surface area contributed by atoms with Crippen LogP contribution in [-0.2, 0) is 6.42 Å². The van der Waals surface area contributed by atoms with Crippen molar-refractivity contribution in [3.8, 4) is 0 Å². The lowest BCUT2D eigenvalue weighted by Gasteiger charge is -2.16. The van der Waals surface area contributed by atoms with Crippen LogP contribution in [0, 0.1) is 5.92 Å². The molecule has 1 aromatic carbocycles. The number of unbranched alkanes of at least 4 members (excludes halogenated alkanes) is 7. The molecule has 0 bridgehead atoms. The summed E-state index contributed by atoms with van der Waals surface area (Å²) >= 11 is 6.67. The summed E-state index contributed by atoms with van der Waals surface area (Å²) in [6, 6.07) is 10.8. The number of nitrogens with two attached hydrogens (primary N) is 1. The highest BCUT2D eigenvalue weighted by molar-refractivity contribution is 8.22. The zero-order chi connectivity index (χ0) is 16.8. The maximum absolute atomic E-state index is 5.66. The van der Waals surface area contributed by atoms with Gasteiger partial charge in [0.05, 0.1) is 0 Å². The highest BCUT2D eigenvalue weighted by Gasteiger charge is 2.10. The molecule has 0 aliphatic heterocycles. The highest BCUT2D eigenvalue weighted by atomic mass is 32.2. The molecule has 0 fully saturated rings. The summed E-state index contributed by atoms with van der Waals surface area (Å²) in [5.74, 6) is 1.74. The molecule has 1 rings (SSSR count). The van der Waals surface area contributed by atoms with Crippen LogP contribution in [0.15, 0.2) is 30.3 Å². The van der Waals surface area contributed by atoms with E-state index in [2.05, 4.69) is 37.3 Å². The van der Waals surface area contributed by atoms with Crippen LogP contribution >= 0.6 is 24.0 Å². The standard InChI is InChI=1S/C20H33NS2/c1-2-3-4-5-6-7-8-10-15-19(17-23-20(21)22)16-18-13-11-9-12-14-18/h9,11-14,19H,2-8,10,15-17H2,1H3,(H2,21,22). The van der Waals surface area contributed by atoms with E-state index in [4.69, 9.17) is 18.0 Å². The van der Waals surface area contributed by atoms with Crippen molar-refractivity contribution in [1.29, 1.82) is 0 Å². The monoisotopic (exact) mass is 351 g/mol. The molecule has 0 aliphatic rings. The number of hydrogen-bond donors (Lipinski definition) is 1. The molecule has 0 saturated carbocycles. The van der Waals surface area contributed by atoms with Gasteiger partial charge in [0, 0.05) is 5.75 Å². The van der Waals surface area contributed by atoms with Crippen LogP contribution in [-0.4, -0.2) is 10.1 Å². The van der Waals surface area contributed by atoms with Gasteiger partial charge in [-0.15, -0.1) is 0 Å². The Morgan fingerprint density at radius 1 is 1.00 bits per heavy atom. The molecular formula is C20H33NS2. The summed E-state index contributed by atoms with van der Waals surface area (Å²) < 4.78 is 0.582. The first kappa shape index (κ1) is 20.5. The molecule has 0 aliphatic carbocycles. The third kappa shape index (κ3) is 11.6. The van der Waals surface area contributed by atoms with Gasteiger partial charge in [-0.3, -0.25) is 0 Å². The fourth-order valence-corrected chi connectivity index (χ4v) is 3.85. The Morgan fingerprint density at radius 3 is 2.22 bits per heavy atom. The Kier molecular flexibility index (Phi) is 12.4. The van der Waals surface area contributed by atoms with E-state index in [-0.39, 0.29) is 0 Å². The molecule has 0 spiro atoms. The summed E-state index contributed by atoms with van der Waals surface area (Å²) in [5.41, 5.74) is 7.09. The van der Waals surface area contributed by atoms with Crippen LogP contribution in [0.2, 0.25) is 0 Å². The van der Waals surface area contributed by atoms with Gasteiger partial charge in [-0.1, -0.05) is 113 Å². The minimum Gasteiger partial charge on any atom is -0.385 e. The lowest BCUT2D eigenvalue weighted by Crippen LogP contribution is -2.12. The fraction of sp³-hybridized carbons (Fsp3) is 0.650. The van der Waals surface area contributed by atoms with E-state index >= 15 is 0 Å². The summed E-state index contributed by atoms with van der Waals surface area (Å²) in [4.78, 5) is 0. The van der Waals surface area contributed by atoms with E-state index in [1.54, 1.807) is 11.8 Å². The maximum atomic E-state index is 5.66. The van der Waals surface area contributed by atoms with Gasteiger partial charge in [-0.2, -0.15) is 0 Å². The lowest BCUT2D eigenvalue weighted by atomic mass is 9.95. The third-order valence-corrected chi connectivity index (χ3v) is 5.57. The number of benzene rings is 1. The van der Waals surface area contributed by atoms with Gasteiger partial charge in [-0.25, -0.2) is 0 Å². The quantitative estimate of drug-likeness (QED) is 0.331.